The summed E-state index contributed by atoms with van der Waals surface area (Å²) in [4.78, 5) is 0. The molecule has 3 heteroatoms. The van der Waals surface area contributed by atoms with Gasteiger partial charge in [-0.1, -0.05) is 88.4 Å². The molecule has 0 radical (unpaired) electrons. The van der Waals surface area contributed by atoms with Gasteiger partial charge in [0, 0.05) is 13.2 Å². The lowest BCUT2D eigenvalue weighted by atomic mass is 10.2. The van der Waals surface area contributed by atoms with Crippen LogP contribution in [-0.4, -0.2) is 21.8 Å². The molecule has 0 unspecified atom stereocenters. The van der Waals surface area contributed by atoms with Crippen LogP contribution >= 0.6 is 0 Å². The highest BCUT2D eigenvalue weighted by Gasteiger charge is 2.42. The number of hydrogen-bond donors (Lipinski definition) is 0. The van der Waals surface area contributed by atoms with Gasteiger partial charge in [0.25, 0.3) is 0 Å². The zero-order chi connectivity index (χ0) is 18.1. The molecule has 2 rings (SSSR count). The summed E-state index contributed by atoms with van der Waals surface area (Å²) in [5.74, 6) is 1.24. The van der Waals surface area contributed by atoms with Gasteiger partial charge in [-0.05, 0) is 35.1 Å². The number of benzene rings is 2. The minimum absolute atomic E-state index is 0.619. The Bertz CT molecular complexity index is 540. The molecule has 0 heterocycles. The topological polar surface area (TPSA) is 18.5 Å². The van der Waals surface area contributed by atoms with E-state index in [9.17, 15) is 0 Å². The van der Waals surface area contributed by atoms with Gasteiger partial charge >= 0.3 is 8.56 Å². The van der Waals surface area contributed by atoms with Crippen molar-refractivity contribution >= 4 is 18.9 Å². The van der Waals surface area contributed by atoms with E-state index >= 15 is 0 Å². The van der Waals surface area contributed by atoms with E-state index in [4.69, 9.17) is 8.85 Å². The predicted molar refractivity (Wildman–Crippen MR) is 109 cm³/mol. The van der Waals surface area contributed by atoms with Gasteiger partial charge in [-0.25, -0.2) is 0 Å². The summed E-state index contributed by atoms with van der Waals surface area (Å²) in [6, 6.07) is 21.1. The Morgan fingerprint density at radius 2 is 1.00 bits per heavy atom. The van der Waals surface area contributed by atoms with E-state index < -0.39 is 8.56 Å². The molecule has 0 amide bonds. The molecular formula is C22H32O2Si. The fourth-order valence-electron chi connectivity index (χ4n) is 2.73. The molecule has 0 aliphatic carbocycles. The Hall–Kier alpha value is -1.42. The summed E-state index contributed by atoms with van der Waals surface area (Å²) < 4.78 is 13.2. The minimum atomic E-state index is -2.68. The molecule has 2 nitrogen and oxygen atoms in total. The van der Waals surface area contributed by atoms with Gasteiger partial charge in [-0.15, -0.1) is 0 Å². The van der Waals surface area contributed by atoms with Gasteiger partial charge in [0.15, 0.2) is 0 Å². The summed E-state index contributed by atoms with van der Waals surface area (Å²) in [6.45, 7) is 10.4. The lowest BCUT2D eigenvalue weighted by Gasteiger charge is -2.32. The Kier molecular flexibility index (Phi) is 7.88. The average molecular weight is 357 g/mol. The number of hydrogen-bond acceptors (Lipinski definition) is 2. The van der Waals surface area contributed by atoms with Crippen LogP contribution in [0.1, 0.15) is 40.5 Å². The van der Waals surface area contributed by atoms with Crippen LogP contribution in [0, 0.1) is 11.8 Å². The third kappa shape index (κ3) is 5.81. The molecule has 0 N–H and O–H groups in total. The molecule has 0 bridgehead atoms. The van der Waals surface area contributed by atoms with Crippen LogP contribution in [0.4, 0.5) is 0 Å². The molecule has 0 aromatic heterocycles. The van der Waals surface area contributed by atoms with Gasteiger partial charge in [0.2, 0.25) is 0 Å². The van der Waals surface area contributed by atoms with Crippen molar-refractivity contribution in [2.45, 2.75) is 40.5 Å². The van der Waals surface area contributed by atoms with Crippen LogP contribution in [0.5, 0.6) is 0 Å². The Balaban J connectivity index is 2.37. The van der Waals surface area contributed by atoms with Crippen LogP contribution < -0.4 is 10.4 Å². The maximum atomic E-state index is 6.61. The van der Waals surface area contributed by atoms with E-state index in [0.717, 1.165) is 26.1 Å². The van der Waals surface area contributed by atoms with Crippen LogP contribution in [0.3, 0.4) is 0 Å². The zero-order valence-electron chi connectivity index (χ0n) is 16.1. The van der Waals surface area contributed by atoms with Gasteiger partial charge in [0.05, 0.1) is 0 Å². The number of rotatable bonds is 10. The highest BCUT2D eigenvalue weighted by Crippen LogP contribution is 2.14. The third-order valence-electron chi connectivity index (χ3n) is 4.31. The highest BCUT2D eigenvalue weighted by atomic mass is 28.4. The SMILES string of the molecule is CC(C)CCO[Si](OCCC(C)C)(c1ccccc1)c1ccccc1. The molecule has 2 aromatic carbocycles. The van der Waals surface area contributed by atoms with E-state index in [1.165, 1.54) is 10.4 Å². The van der Waals surface area contributed by atoms with Crippen LogP contribution in [-0.2, 0) is 8.85 Å². The highest BCUT2D eigenvalue weighted by molar-refractivity contribution is 6.92. The summed E-state index contributed by atoms with van der Waals surface area (Å²) in [5, 5.41) is 2.38. The lowest BCUT2D eigenvalue weighted by molar-refractivity contribution is 0.175. The zero-order valence-corrected chi connectivity index (χ0v) is 17.1. The van der Waals surface area contributed by atoms with Crippen molar-refractivity contribution in [1.82, 2.24) is 0 Å². The van der Waals surface area contributed by atoms with Gasteiger partial charge in [-0.2, -0.15) is 0 Å². The fourth-order valence-corrected chi connectivity index (χ4v) is 5.89. The first kappa shape index (κ1) is 19.9. The van der Waals surface area contributed by atoms with Crippen LogP contribution in [0.2, 0.25) is 0 Å². The third-order valence-corrected chi connectivity index (χ3v) is 7.72. The van der Waals surface area contributed by atoms with Crippen molar-refractivity contribution in [3.63, 3.8) is 0 Å². The Morgan fingerprint density at radius 3 is 1.32 bits per heavy atom. The second kappa shape index (κ2) is 9.90. The molecule has 0 spiro atoms. The van der Waals surface area contributed by atoms with Crippen molar-refractivity contribution in [2.24, 2.45) is 11.8 Å². The molecule has 2 aromatic rings. The minimum Gasteiger partial charge on any atom is -0.388 e. The van der Waals surface area contributed by atoms with Crippen molar-refractivity contribution in [1.29, 1.82) is 0 Å². The lowest BCUT2D eigenvalue weighted by Crippen LogP contribution is -2.63. The van der Waals surface area contributed by atoms with Gasteiger partial charge < -0.3 is 8.85 Å². The largest absolute Gasteiger partial charge is 0.407 e. The van der Waals surface area contributed by atoms with Crippen LogP contribution in [0.25, 0.3) is 0 Å². The van der Waals surface area contributed by atoms with E-state index in [1.807, 2.05) is 0 Å². The first-order chi connectivity index (χ1) is 12.0. The Labute approximate surface area is 154 Å². The van der Waals surface area contributed by atoms with E-state index in [0.29, 0.717) is 11.8 Å². The Morgan fingerprint density at radius 1 is 0.640 bits per heavy atom. The van der Waals surface area contributed by atoms with Crippen molar-refractivity contribution in [3.05, 3.63) is 60.7 Å². The van der Waals surface area contributed by atoms with Gasteiger partial charge in [-0.3, -0.25) is 0 Å². The molecule has 0 saturated heterocycles. The van der Waals surface area contributed by atoms with Gasteiger partial charge in [0.1, 0.15) is 0 Å². The summed E-state index contributed by atoms with van der Waals surface area (Å²) in [7, 11) is -2.68. The summed E-state index contributed by atoms with van der Waals surface area (Å²) in [5.41, 5.74) is 0. The molecule has 0 aliphatic rings. The first-order valence-electron chi connectivity index (χ1n) is 9.43. The molecular weight excluding hydrogens is 324 g/mol. The maximum Gasteiger partial charge on any atom is 0.407 e. The molecule has 0 aliphatic heterocycles. The molecule has 0 fully saturated rings. The average Bonchev–Trinajstić information content (AvgIpc) is 2.61. The second-order valence-corrected chi connectivity index (χ2v) is 10.4. The second-order valence-electron chi connectivity index (χ2n) is 7.41. The first-order valence-corrected chi connectivity index (χ1v) is 11.2. The maximum absolute atomic E-state index is 6.61. The quantitative estimate of drug-likeness (QED) is 0.589. The fraction of sp³-hybridized carbons (Fsp3) is 0.455. The summed E-state index contributed by atoms with van der Waals surface area (Å²) in [6.07, 6.45) is 2.09. The molecule has 0 saturated carbocycles. The summed E-state index contributed by atoms with van der Waals surface area (Å²) >= 11 is 0. The predicted octanol–water partition coefficient (Wildman–Crippen LogP) is 4.37. The normalized spacial score (nSPS) is 12.1. The standard InChI is InChI=1S/C22H32O2Si/c1-19(2)15-17-23-25(24-18-16-20(3)4,21-11-7-5-8-12-21)22-13-9-6-10-14-22/h5-14,19-20H,15-18H2,1-4H3. The van der Waals surface area contributed by atoms with Crippen molar-refractivity contribution in [2.75, 3.05) is 13.2 Å². The van der Waals surface area contributed by atoms with Crippen molar-refractivity contribution < 1.29 is 8.85 Å². The van der Waals surface area contributed by atoms with E-state index in [2.05, 4.69) is 88.4 Å². The van der Waals surface area contributed by atoms with E-state index in [-0.39, 0.29) is 0 Å². The van der Waals surface area contributed by atoms with E-state index in [1.54, 1.807) is 0 Å². The molecule has 136 valence electrons. The molecule has 0 atom stereocenters. The van der Waals surface area contributed by atoms with Crippen LogP contribution in [0.15, 0.2) is 60.7 Å². The van der Waals surface area contributed by atoms with Crippen molar-refractivity contribution in [3.8, 4) is 0 Å². The monoisotopic (exact) mass is 356 g/mol. The molecule has 25 heavy (non-hydrogen) atoms. The smallest absolute Gasteiger partial charge is 0.388 e.